The van der Waals surface area contributed by atoms with Crippen molar-refractivity contribution in [2.75, 3.05) is 27.2 Å². The molecular weight excluding hydrogens is 388 g/mol. The van der Waals surface area contributed by atoms with Gasteiger partial charge in [-0.25, -0.2) is 0 Å². The van der Waals surface area contributed by atoms with Crippen LogP contribution in [0.4, 0.5) is 7.77 Å². The summed E-state index contributed by atoms with van der Waals surface area (Å²) in [4.78, 5) is 0. The second-order valence-corrected chi connectivity index (χ2v) is 8.86. The molecule has 11 heteroatoms. The van der Waals surface area contributed by atoms with E-state index in [1.807, 2.05) is 44.4 Å². The summed E-state index contributed by atoms with van der Waals surface area (Å²) in [6.07, 6.45) is 1.21. The molecule has 0 bridgehead atoms. The largest absolute Gasteiger partial charge is 0.494 e. The van der Waals surface area contributed by atoms with E-state index in [-0.39, 0.29) is 6.54 Å². The normalized spacial score (nSPS) is 12.5. The van der Waals surface area contributed by atoms with E-state index in [0.717, 1.165) is 18.2 Å². The first-order chi connectivity index (χ1) is 11.9. The fourth-order valence-corrected chi connectivity index (χ4v) is 4.03. The summed E-state index contributed by atoms with van der Waals surface area (Å²) in [5.74, 6) is -0.802. The predicted molar refractivity (Wildman–Crippen MR) is 95.3 cm³/mol. The van der Waals surface area contributed by atoms with E-state index in [1.54, 1.807) is 0 Å². The van der Waals surface area contributed by atoms with E-state index in [4.69, 9.17) is 0 Å². The smallest absolute Gasteiger partial charge is 0.325 e. The van der Waals surface area contributed by atoms with Crippen LogP contribution in [0.25, 0.3) is 0 Å². The Bertz CT molecular complexity index is 833. The Morgan fingerprint density at radius 3 is 2.15 bits per heavy atom. The molecule has 1 aromatic rings. The van der Waals surface area contributed by atoms with Crippen LogP contribution in [0.5, 0.6) is 0 Å². The Morgan fingerprint density at radius 1 is 1.15 bits per heavy atom. The zero-order chi connectivity index (χ0) is 20.0. The van der Waals surface area contributed by atoms with Crippen LogP contribution < -0.4 is 5.32 Å². The van der Waals surface area contributed by atoms with E-state index < -0.39 is 30.0 Å². The highest BCUT2D eigenvalue weighted by Crippen LogP contribution is 2.10. The third-order valence-electron chi connectivity index (χ3n) is 3.49. The second-order valence-electron chi connectivity index (χ2n) is 6.25. The van der Waals surface area contributed by atoms with E-state index >= 15 is 0 Å². The van der Waals surface area contributed by atoms with Crippen molar-refractivity contribution in [3.63, 3.8) is 0 Å². The molecule has 0 spiro atoms. The number of halogens is 2. The van der Waals surface area contributed by atoms with Crippen molar-refractivity contribution < 1.29 is 32.5 Å². The van der Waals surface area contributed by atoms with Crippen molar-refractivity contribution in [1.82, 2.24) is 5.32 Å². The first kappa shape index (κ1) is 22.2. The Balaban J connectivity index is 2.75. The van der Waals surface area contributed by atoms with Crippen molar-refractivity contribution in [2.24, 2.45) is 0 Å². The fourth-order valence-electron chi connectivity index (χ4n) is 2.43. The highest BCUT2D eigenvalue weighted by molar-refractivity contribution is 7.92. The van der Waals surface area contributed by atoms with Gasteiger partial charge in [-0.1, -0.05) is 44.7 Å². The van der Waals surface area contributed by atoms with Crippen molar-refractivity contribution >= 4 is 26.7 Å². The molecule has 26 heavy (non-hydrogen) atoms. The van der Waals surface area contributed by atoms with Gasteiger partial charge in [0.05, 0.1) is 27.2 Å². The molecule has 0 saturated heterocycles. The molecule has 0 aromatic heterocycles. The highest BCUT2D eigenvalue weighted by atomic mass is 32.3. The van der Waals surface area contributed by atoms with Crippen LogP contribution in [0.2, 0.25) is 0 Å². The lowest BCUT2D eigenvalue weighted by Crippen LogP contribution is -2.42. The molecule has 0 radical (unpaired) electrons. The van der Waals surface area contributed by atoms with Crippen LogP contribution in [-0.4, -0.2) is 57.7 Å². The highest BCUT2D eigenvalue weighted by Gasteiger charge is 2.37. The van der Waals surface area contributed by atoms with Crippen LogP contribution in [0.3, 0.4) is 0 Å². The average Bonchev–Trinajstić information content (AvgIpc) is 2.48. The summed E-state index contributed by atoms with van der Waals surface area (Å²) in [5, 5.41) is 2.40. The molecule has 7 nitrogen and oxygen atoms in total. The lowest BCUT2D eigenvalue weighted by atomic mass is 10.2. The minimum Gasteiger partial charge on any atom is -0.325 e. The monoisotopic (exact) mass is 411 g/mol. The minimum absolute atomic E-state index is 0.0966. The van der Waals surface area contributed by atoms with Gasteiger partial charge in [-0.2, -0.15) is 16.8 Å². The molecular formula is C15H23F2N3O4S2+2. The fraction of sp³-hybridized carbons (Fsp3) is 0.400. The number of nitrogens with one attached hydrogen (secondary N) is 1. The van der Waals surface area contributed by atoms with Crippen molar-refractivity contribution in [2.45, 2.75) is 13.0 Å². The lowest BCUT2D eigenvalue weighted by molar-refractivity contribution is -0.903. The third kappa shape index (κ3) is 7.18. The number of rotatable bonds is 9. The van der Waals surface area contributed by atoms with Crippen molar-refractivity contribution in [3.8, 4) is 0 Å². The van der Waals surface area contributed by atoms with Gasteiger partial charge in [0.15, 0.2) is 0 Å². The molecule has 1 rings (SSSR count). The van der Waals surface area contributed by atoms with Gasteiger partial charge in [-0.15, -0.1) is 0 Å². The number of nitrogens with zero attached hydrogens (tertiary/aromatic N) is 2. The van der Waals surface area contributed by atoms with Crippen LogP contribution in [0.1, 0.15) is 12.0 Å². The molecule has 1 aromatic carbocycles. The first-order valence-electron chi connectivity index (χ1n) is 7.66. The molecule has 0 amide bonds. The number of amidine groups is 1. The number of hydrogen-bond acceptors (Lipinski definition) is 4. The predicted octanol–water partition coefficient (Wildman–Crippen LogP) is 1.27. The van der Waals surface area contributed by atoms with Crippen LogP contribution in [0.15, 0.2) is 43.0 Å². The Hall–Kier alpha value is -1.85. The van der Waals surface area contributed by atoms with Gasteiger partial charge in [-0.3, -0.25) is 5.32 Å². The Morgan fingerprint density at radius 2 is 1.69 bits per heavy atom. The van der Waals surface area contributed by atoms with E-state index in [0.29, 0.717) is 17.4 Å². The molecule has 1 N–H and O–H groups in total. The number of hydrogen-bond donors (Lipinski definition) is 1. The molecule has 0 fully saturated rings. The second kappa shape index (κ2) is 8.69. The SMILES string of the molecule is C=CC(NCCC[N+](C)(C)Cc1ccccc1)=[N+](S(=O)(=O)F)S(=O)(=O)F. The summed E-state index contributed by atoms with van der Waals surface area (Å²) in [5.41, 5.74) is 1.14. The quantitative estimate of drug-likeness (QED) is 0.165. The molecule has 0 atom stereocenters. The van der Waals surface area contributed by atoms with E-state index in [1.165, 1.54) is 0 Å². The maximum Gasteiger partial charge on any atom is 0.494 e. The maximum absolute atomic E-state index is 13.1. The summed E-state index contributed by atoms with van der Waals surface area (Å²) < 4.78 is 69.4. The number of quaternary nitrogens is 1. The standard InChI is InChI=1S/C15H22F2N3O4S2/c1-4-15(19(25(16,21)22)26(17,23)24)18-11-8-12-20(2,3)13-14-9-6-5-7-10-14/h4-7,9-10H,1,8,11-13H2,2-3H3/q+1/p+1. The van der Waals surface area contributed by atoms with E-state index in [2.05, 4.69) is 11.9 Å². The molecule has 0 aliphatic heterocycles. The summed E-state index contributed by atoms with van der Waals surface area (Å²) in [6, 6.07) is 9.79. The topological polar surface area (TPSA) is 83.3 Å². The third-order valence-corrected chi connectivity index (χ3v) is 5.74. The Labute approximate surface area is 153 Å². The molecule has 0 aliphatic carbocycles. The van der Waals surface area contributed by atoms with Gasteiger partial charge in [0, 0.05) is 21.4 Å². The summed E-state index contributed by atoms with van der Waals surface area (Å²) >= 11 is 0. The van der Waals surface area contributed by atoms with Crippen molar-refractivity contribution in [1.29, 1.82) is 0 Å². The van der Waals surface area contributed by atoms with Gasteiger partial charge >= 0.3 is 26.7 Å². The molecule has 0 saturated carbocycles. The summed E-state index contributed by atoms with van der Waals surface area (Å²) in [7, 11) is -7.70. The maximum atomic E-state index is 13.1. The zero-order valence-corrected chi connectivity index (χ0v) is 16.2. The van der Waals surface area contributed by atoms with Crippen LogP contribution >= 0.6 is 0 Å². The lowest BCUT2D eigenvalue weighted by Gasteiger charge is -2.29. The molecule has 0 aliphatic rings. The van der Waals surface area contributed by atoms with E-state index in [9.17, 15) is 24.6 Å². The minimum atomic E-state index is -5.84. The molecule has 0 heterocycles. The molecule has 146 valence electrons. The number of benzene rings is 1. The van der Waals surface area contributed by atoms with Gasteiger partial charge in [0.2, 0.25) is 0 Å². The van der Waals surface area contributed by atoms with Crippen molar-refractivity contribution in [3.05, 3.63) is 48.6 Å². The van der Waals surface area contributed by atoms with Gasteiger partial charge in [0.25, 0.3) is 0 Å². The van der Waals surface area contributed by atoms with Gasteiger partial charge < -0.3 is 4.48 Å². The zero-order valence-electron chi connectivity index (χ0n) is 14.6. The molecule has 0 unspecified atom stereocenters. The average molecular weight is 411 g/mol. The Kier molecular flexibility index (Phi) is 7.42. The van der Waals surface area contributed by atoms with Gasteiger partial charge in [-0.05, 0) is 0 Å². The van der Waals surface area contributed by atoms with Crippen LogP contribution in [-0.2, 0) is 27.4 Å². The van der Waals surface area contributed by atoms with Crippen LogP contribution in [0, 0.1) is 0 Å². The summed E-state index contributed by atoms with van der Waals surface area (Å²) in [6.45, 7) is 4.68. The first-order valence-corrected chi connectivity index (χ1v) is 10.3. The van der Waals surface area contributed by atoms with Gasteiger partial charge in [0.1, 0.15) is 6.54 Å².